The van der Waals surface area contributed by atoms with Crippen molar-refractivity contribution >= 4 is 11.4 Å². The molecular formula is C20H38N4O2Zn. The molecule has 0 aromatic heterocycles. The number of nitrogens with zero attached hydrogens (tertiary/aromatic N) is 4. The summed E-state index contributed by atoms with van der Waals surface area (Å²) in [5.41, 5.74) is 1.65. The third-order valence-corrected chi connectivity index (χ3v) is 3.07. The Morgan fingerprint density at radius 2 is 1.00 bits per heavy atom. The van der Waals surface area contributed by atoms with Crippen molar-refractivity contribution in [3.63, 3.8) is 0 Å². The molecule has 0 aliphatic rings. The Labute approximate surface area is 179 Å². The zero-order valence-electron chi connectivity index (χ0n) is 18.7. The molecule has 152 valence electrons. The molecule has 0 saturated carbocycles. The monoisotopic (exact) mass is 430 g/mol. The smallest absolute Gasteiger partial charge is 0.876 e. The van der Waals surface area contributed by atoms with Crippen molar-refractivity contribution in [2.24, 2.45) is 9.98 Å². The van der Waals surface area contributed by atoms with E-state index in [4.69, 9.17) is 0 Å². The van der Waals surface area contributed by atoms with E-state index in [-0.39, 0.29) is 31.0 Å². The molecule has 0 atom stereocenters. The van der Waals surface area contributed by atoms with Gasteiger partial charge in [0.2, 0.25) is 0 Å². The Hall–Kier alpha value is -1.04. The van der Waals surface area contributed by atoms with Crippen LogP contribution in [-0.2, 0) is 19.5 Å². The first-order valence-corrected chi connectivity index (χ1v) is 9.06. The van der Waals surface area contributed by atoms with Gasteiger partial charge in [0.1, 0.15) is 0 Å². The van der Waals surface area contributed by atoms with E-state index in [1.807, 2.05) is 42.0 Å². The van der Waals surface area contributed by atoms with E-state index in [9.17, 15) is 10.2 Å². The fourth-order valence-corrected chi connectivity index (χ4v) is 1.96. The van der Waals surface area contributed by atoms with Gasteiger partial charge < -0.3 is 20.0 Å². The molecule has 0 radical (unpaired) electrons. The second-order valence-corrected chi connectivity index (χ2v) is 6.87. The van der Waals surface area contributed by atoms with Crippen molar-refractivity contribution in [2.75, 3.05) is 54.4 Å². The summed E-state index contributed by atoms with van der Waals surface area (Å²) in [5.74, 6) is 0.128. The van der Waals surface area contributed by atoms with Crippen molar-refractivity contribution in [2.45, 2.75) is 40.5 Å². The molecule has 0 spiro atoms. The summed E-state index contributed by atoms with van der Waals surface area (Å²) in [4.78, 5) is 12.7. The number of hydrogen-bond acceptors (Lipinski definition) is 6. The fraction of sp³-hybridized carbons (Fsp3) is 0.700. The van der Waals surface area contributed by atoms with E-state index in [1.54, 1.807) is 26.0 Å². The first-order chi connectivity index (χ1) is 12.0. The van der Waals surface area contributed by atoms with Gasteiger partial charge in [-0.15, -0.1) is 11.5 Å². The standard InChI is InChI=1S/2C10H20N2O.Zn/c2*1-9(8-10(2)13)11-6-5-7-12(3)4;/h2*8,13H,5-7H2,1-4H3;/q;;+2/p-2/b2*10-8-,11-9?;. The fourth-order valence-electron chi connectivity index (χ4n) is 1.96. The molecule has 0 unspecified atom stereocenters. The zero-order chi connectivity index (χ0) is 20.5. The second kappa shape index (κ2) is 19.7. The van der Waals surface area contributed by atoms with Gasteiger partial charge in [0, 0.05) is 24.5 Å². The maximum absolute atomic E-state index is 10.7. The molecule has 0 N–H and O–H groups in total. The van der Waals surface area contributed by atoms with Crippen LogP contribution in [0.1, 0.15) is 40.5 Å². The molecule has 0 heterocycles. The molecule has 0 aliphatic carbocycles. The predicted molar refractivity (Wildman–Crippen MR) is 110 cm³/mol. The summed E-state index contributed by atoms with van der Waals surface area (Å²) < 4.78 is 0. The first-order valence-electron chi connectivity index (χ1n) is 9.06. The largest absolute Gasteiger partial charge is 2.00 e. The molecule has 6 nitrogen and oxygen atoms in total. The van der Waals surface area contributed by atoms with Crippen LogP contribution in [0, 0.1) is 0 Å². The van der Waals surface area contributed by atoms with E-state index in [1.165, 1.54) is 0 Å². The normalized spacial score (nSPS) is 13.4. The van der Waals surface area contributed by atoms with Crippen molar-refractivity contribution in [3.8, 4) is 0 Å². The van der Waals surface area contributed by atoms with Crippen molar-refractivity contribution in [1.82, 2.24) is 9.80 Å². The van der Waals surface area contributed by atoms with Crippen LogP contribution in [0.5, 0.6) is 0 Å². The number of aliphatic imine (C=N–C) groups is 2. The molecule has 0 fully saturated rings. The summed E-state index contributed by atoms with van der Waals surface area (Å²) in [5, 5.41) is 21.3. The van der Waals surface area contributed by atoms with Gasteiger partial charge in [-0.2, -0.15) is 0 Å². The van der Waals surface area contributed by atoms with E-state index >= 15 is 0 Å². The molecule has 7 heteroatoms. The van der Waals surface area contributed by atoms with Gasteiger partial charge in [-0.25, -0.2) is 0 Å². The molecular weight excluding hydrogens is 394 g/mol. The molecule has 0 saturated heterocycles. The van der Waals surface area contributed by atoms with Crippen LogP contribution in [0.15, 0.2) is 33.7 Å². The van der Waals surface area contributed by atoms with Gasteiger partial charge in [0.15, 0.2) is 0 Å². The van der Waals surface area contributed by atoms with E-state index in [0.717, 1.165) is 50.4 Å². The summed E-state index contributed by atoms with van der Waals surface area (Å²) in [7, 11) is 8.16. The topological polar surface area (TPSA) is 77.3 Å². The van der Waals surface area contributed by atoms with Gasteiger partial charge in [-0.1, -0.05) is 26.0 Å². The van der Waals surface area contributed by atoms with Gasteiger partial charge >= 0.3 is 19.5 Å². The van der Waals surface area contributed by atoms with Gasteiger partial charge in [-0.05, 0) is 68.0 Å². The maximum atomic E-state index is 10.7. The maximum Gasteiger partial charge on any atom is 2.00 e. The van der Waals surface area contributed by atoms with Crippen LogP contribution in [0.25, 0.3) is 0 Å². The third kappa shape index (κ3) is 30.0. The molecule has 0 aromatic carbocycles. The van der Waals surface area contributed by atoms with Crippen LogP contribution in [0.2, 0.25) is 0 Å². The van der Waals surface area contributed by atoms with Gasteiger partial charge in [0.05, 0.1) is 0 Å². The van der Waals surface area contributed by atoms with Crippen LogP contribution < -0.4 is 10.2 Å². The van der Waals surface area contributed by atoms with Crippen LogP contribution in [0.3, 0.4) is 0 Å². The molecule has 0 aliphatic heterocycles. The number of allylic oxidation sites excluding steroid dienone is 4. The molecule has 0 bridgehead atoms. The minimum atomic E-state index is 0. The van der Waals surface area contributed by atoms with E-state index in [2.05, 4.69) is 19.8 Å². The summed E-state index contributed by atoms with van der Waals surface area (Å²) >= 11 is 0. The average Bonchev–Trinajstić information content (AvgIpc) is 2.47. The predicted octanol–water partition coefficient (Wildman–Crippen LogP) is 1.32. The SMILES string of the molecule is CC(/C=C(/C)[O-])=NCCCN(C)C.CC(/C=C(/C)[O-])=NCCCN(C)C.[Zn+2]. The zero-order valence-corrected chi connectivity index (χ0v) is 21.7. The first kappa shape index (κ1) is 30.7. The van der Waals surface area contributed by atoms with Gasteiger partial charge in [0.25, 0.3) is 0 Å². The Kier molecular flexibility index (Phi) is 22.4. The molecule has 0 amide bonds. The summed E-state index contributed by atoms with van der Waals surface area (Å²) in [6, 6.07) is 0. The summed E-state index contributed by atoms with van der Waals surface area (Å²) in [6.45, 7) is 10.5. The minimum absolute atomic E-state index is 0. The molecule has 27 heavy (non-hydrogen) atoms. The Morgan fingerprint density at radius 1 is 0.704 bits per heavy atom. The van der Waals surface area contributed by atoms with Crippen molar-refractivity contribution < 1.29 is 29.7 Å². The Morgan fingerprint density at radius 3 is 1.22 bits per heavy atom. The van der Waals surface area contributed by atoms with Crippen molar-refractivity contribution in [1.29, 1.82) is 0 Å². The van der Waals surface area contributed by atoms with Crippen molar-refractivity contribution in [3.05, 3.63) is 23.7 Å². The number of hydrogen-bond donors (Lipinski definition) is 0. The Balaban J connectivity index is -0.000000411. The minimum Gasteiger partial charge on any atom is -0.876 e. The van der Waals surface area contributed by atoms with Crippen LogP contribution in [0.4, 0.5) is 0 Å². The number of rotatable bonds is 10. The quantitative estimate of drug-likeness (QED) is 0.226. The van der Waals surface area contributed by atoms with Crippen LogP contribution >= 0.6 is 0 Å². The molecule has 0 aromatic rings. The molecule has 0 rings (SSSR count). The second-order valence-electron chi connectivity index (χ2n) is 6.87. The average molecular weight is 432 g/mol. The third-order valence-electron chi connectivity index (χ3n) is 3.07. The van der Waals surface area contributed by atoms with Gasteiger partial charge in [-0.3, -0.25) is 9.98 Å². The van der Waals surface area contributed by atoms with E-state index in [0.29, 0.717) is 0 Å². The Bertz CT molecular complexity index is 432. The van der Waals surface area contributed by atoms with Crippen LogP contribution in [-0.4, -0.2) is 75.6 Å². The van der Waals surface area contributed by atoms with E-state index < -0.39 is 0 Å². The summed E-state index contributed by atoms with van der Waals surface area (Å²) in [6.07, 6.45) is 5.21.